The van der Waals surface area contributed by atoms with Crippen molar-refractivity contribution >= 4 is 30.9 Å². The lowest BCUT2D eigenvalue weighted by Gasteiger charge is -2.34. The Morgan fingerprint density at radius 1 is 1.22 bits per heavy atom. The summed E-state index contributed by atoms with van der Waals surface area (Å²) in [5.74, 6) is 0.873. The molecule has 1 aliphatic heterocycles. The van der Waals surface area contributed by atoms with E-state index in [2.05, 4.69) is 5.09 Å². The zero-order chi connectivity index (χ0) is 14.4. The van der Waals surface area contributed by atoms with Crippen LogP contribution in [0.1, 0.15) is 34.1 Å². The summed E-state index contributed by atoms with van der Waals surface area (Å²) in [7, 11) is -2.84. The van der Waals surface area contributed by atoms with Gasteiger partial charge in [-0.15, -0.1) is 23.2 Å². The highest BCUT2D eigenvalue weighted by molar-refractivity contribution is 7.54. The third-order valence-electron chi connectivity index (χ3n) is 1.95. The topological polar surface area (TPSA) is 41.6 Å². The van der Waals surface area contributed by atoms with Crippen LogP contribution in [-0.2, 0) is 9.09 Å². The molecule has 7 heteroatoms. The summed E-state index contributed by atoms with van der Waals surface area (Å²) in [6, 6.07) is 0. The van der Waals surface area contributed by atoms with E-state index in [-0.39, 0.29) is 0 Å². The van der Waals surface area contributed by atoms with Gasteiger partial charge < -0.3 is 4.52 Å². The van der Waals surface area contributed by atoms with Crippen molar-refractivity contribution in [2.75, 3.05) is 38.0 Å². The molecule has 1 atom stereocenters. The molecular formula is C11H27Cl2N2O2P. The van der Waals surface area contributed by atoms with Crippen LogP contribution in [0.5, 0.6) is 0 Å². The molecule has 1 saturated heterocycles. The second kappa shape index (κ2) is 14.1. The Labute approximate surface area is 122 Å². The van der Waals surface area contributed by atoms with Crippen molar-refractivity contribution in [3.8, 4) is 0 Å². The predicted octanol–water partition coefficient (Wildman–Crippen LogP) is 3.94. The lowest BCUT2D eigenvalue weighted by atomic mass is 10.4. The molecule has 0 radical (unpaired) electrons. The molecule has 18 heavy (non-hydrogen) atoms. The Kier molecular flexibility index (Phi) is 16.5. The largest absolute Gasteiger partial charge is 0.343 e. The molecule has 0 aliphatic carbocycles. The van der Waals surface area contributed by atoms with E-state index >= 15 is 0 Å². The molecule has 1 unspecified atom stereocenters. The lowest BCUT2D eigenvalue weighted by Crippen LogP contribution is -2.36. The molecule has 1 N–H and O–H groups in total. The summed E-state index contributed by atoms with van der Waals surface area (Å²) in [5.41, 5.74) is 0. The lowest BCUT2D eigenvalue weighted by molar-refractivity contribution is 0.203. The monoisotopic (exact) mass is 320 g/mol. The van der Waals surface area contributed by atoms with E-state index in [0.29, 0.717) is 31.5 Å². The molecule has 1 fully saturated rings. The van der Waals surface area contributed by atoms with E-state index < -0.39 is 7.67 Å². The molecule has 1 rings (SSSR count). The maximum atomic E-state index is 12.2. The first-order valence-electron chi connectivity index (χ1n) is 6.60. The molecule has 0 spiro atoms. The molecule has 0 bridgehead atoms. The molecule has 112 valence electrons. The number of hydrogen-bond acceptors (Lipinski definition) is 2. The summed E-state index contributed by atoms with van der Waals surface area (Å²) in [5, 5.41) is 2.85. The van der Waals surface area contributed by atoms with Gasteiger partial charge in [-0.25, -0.2) is 9.76 Å². The van der Waals surface area contributed by atoms with Gasteiger partial charge in [-0.1, -0.05) is 27.7 Å². The number of nitrogens with zero attached hydrogens (tertiary/aromatic N) is 1. The smallest absolute Gasteiger partial charge is 0.306 e. The number of hydrogen-bond donors (Lipinski definition) is 1. The van der Waals surface area contributed by atoms with E-state index in [4.69, 9.17) is 27.7 Å². The second-order valence-corrected chi connectivity index (χ2v) is 5.88. The van der Waals surface area contributed by atoms with Gasteiger partial charge in [0.25, 0.3) is 0 Å². The first-order chi connectivity index (χ1) is 8.73. The first kappa shape index (κ1) is 21.0. The second-order valence-electron chi connectivity index (χ2n) is 2.95. The SMILES string of the molecule is CC.CC.O=P1(NCCCl)OCCCN1CCCl. The molecule has 1 heterocycles. The Balaban J connectivity index is 0. The highest BCUT2D eigenvalue weighted by Crippen LogP contribution is 2.48. The van der Waals surface area contributed by atoms with Crippen LogP contribution < -0.4 is 5.09 Å². The minimum absolute atomic E-state index is 0.419. The highest BCUT2D eigenvalue weighted by atomic mass is 35.5. The van der Waals surface area contributed by atoms with Gasteiger partial charge in [-0.05, 0) is 6.42 Å². The van der Waals surface area contributed by atoms with Gasteiger partial charge in [0.2, 0.25) is 0 Å². The van der Waals surface area contributed by atoms with Crippen molar-refractivity contribution in [1.29, 1.82) is 0 Å². The molecular weight excluding hydrogens is 294 g/mol. The number of halogens is 2. The van der Waals surface area contributed by atoms with Crippen LogP contribution in [0.15, 0.2) is 0 Å². The first-order valence-corrected chi connectivity index (χ1v) is 9.24. The fourth-order valence-corrected chi connectivity index (χ4v) is 3.86. The minimum atomic E-state index is -2.84. The molecule has 0 aromatic carbocycles. The maximum Gasteiger partial charge on any atom is 0.343 e. The quantitative estimate of drug-likeness (QED) is 0.615. The Bertz CT molecular complexity index is 219. The van der Waals surface area contributed by atoms with Crippen molar-refractivity contribution in [1.82, 2.24) is 9.76 Å². The average Bonchev–Trinajstić information content (AvgIpc) is 2.44. The zero-order valence-corrected chi connectivity index (χ0v) is 14.3. The van der Waals surface area contributed by atoms with Gasteiger partial charge in [-0.2, -0.15) is 0 Å². The normalized spacial score (nSPS) is 23.4. The Morgan fingerprint density at radius 2 is 1.83 bits per heavy atom. The van der Waals surface area contributed by atoms with Crippen molar-refractivity contribution < 1.29 is 9.09 Å². The predicted molar refractivity (Wildman–Crippen MR) is 81.9 cm³/mol. The standard InChI is InChI=1S/C7H15Cl2N2O2P.2C2H6/c8-2-4-10-14(12)11(6-3-9)5-1-7-13-14;2*1-2/h1-7H2,(H,10,12);2*1-2H3. The molecule has 0 aromatic heterocycles. The highest BCUT2D eigenvalue weighted by Gasteiger charge is 2.33. The van der Waals surface area contributed by atoms with Crippen LogP contribution in [0, 0.1) is 0 Å². The number of rotatable bonds is 5. The number of alkyl halides is 2. The van der Waals surface area contributed by atoms with Crippen LogP contribution in [0.2, 0.25) is 0 Å². The van der Waals surface area contributed by atoms with E-state index in [1.54, 1.807) is 4.67 Å². The molecule has 0 aromatic rings. The van der Waals surface area contributed by atoms with Crippen molar-refractivity contribution in [3.05, 3.63) is 0 Å². The maximum absolute atomic E-state index is 12.2. The summed E-state index contributed by atoms with van der Waals surface area (Å²) < 4.78 is 19.2. The van der Waals surface area contributed by atoms with E-state index in [1.807, 2.05) is 27.7 Å². The fourth-order valence-electron chi connectivity index (χ4n) is 1.32. The fraction of sp³-hybridized carbons (Fsp3) is 1.00. The van der Waals surface area contributed by atoms with Gasteiger partial charge >= 0.3 is 7.67 Å². The van der Waals surface area contributed by atoms with Crippen LogP contribution in [-0.4, -0.2) is 42.7 Å². The van der Waals surface area contributed by atoms with Crippen LogP contribution in [0.3, 0.4) is 0 Å². The summed E-state index contributed by atoms with van der Waals surface area (Å²) in [4.78, 5) is 0. The third kappa shape index (κ3) is 7.98. The third-order valence-corrected chi connectivity index (χ3v) is 4.61. The molecule has 1 aliphatic rings. The van der Waals surface area contributed by atoms with E-state index in [1.165, 1.54) is 0 Å². The molecule has 0 amide bonds. The van der Waals surface area contributed by atoms with Crippen LogP contribution in [0.25, 0.3) is 0 Å². The summed E-state index contributed by atoms with van der Waals surface area (Å²) in [6.07, 6.45) is 0.892. The minimum Gasteiger partial charge on any atom is -0.306 e. The van der Waals surface area contributed by atoms with Gasteiger partial charge in [0, 0.05) is 31.4 Å². The van der Waals surface area contributed by atoms with E-state index in [0.717, 1.165) is 13.0 Å². The average molecular weight is 321 g/mol. The Morgan fingerprint density at radius 3 is 2.33 bits per heavy atom. The van der Waals surface area contributed by atoms with Gasteiger partial charge in [0.1, 0.15) is 0 Å². The van der Waals surface area contributed by atoms with Crippen LogP contribution >= 0.6 is 30.9 Å². The van der Waals surface area contributed by atoms with Gasteiger partial charge in [-0.3, -0.25) is 4.57 Å². The zero-order valence-electron chi connectivity index (χ0n) is 11.9. The van der Waals surface area contributed by atoms with Crippen molar-refractivity contribution in [3.63, 3.8) is 0 Å². The molecule has 0 saturated carbocycles. The van der Waals surface area contributed by atoms with Crippen molar-refractivity contribution in [2.45, 2.75) is 34.1 Å². The Hall–Kier alpha value is 0.690. The summed E-state index contributed by atoms with van der Waals surface area (Å²) >= 11 is 11.1. The van der Waals surface area contributed by atoms with Crippen LogP contribution in [0.4, 0.5) is 0 Å². The van der Waals surface area contributed by atoms with Gasteiger partial charge in [0.05, 0.1) is 6.61 Å². The molecule has 4 nitrogen and oxygen atoms in total. The van der Waals surface area contributed by atoms with Crippen molar-refractivity contribution in [2.24, 2.45) is 0 Å². The number of nitrogens with one attached hydrogen (secondary N) is 1. The van der Waals surface area contributed by atoms with E-state index in [9.17, 15) is 4.57 Å². The summed E-state index contributed by atoms with van der Waals surface area (Å²) in [6.45, 7) is 10.4. The van der Waals surface area contributed by atoms with Gasteiger partial charge in [0.15, 0.2) is 0 Å².